The zero-order chi connectivity index (χ0) is 29.9. The number of hydrogen-bond acceptors (Lipinski definition) is 7. The fourth-order valence-corrected chi connectivity index (χ4v) is 5.35. The Morgan fingerprint density at radius 3 is 2.70 bits per heavy atom. The maximum absolute atomic E-state index is 13.4. The van der Waals surface area contributed by atoms with E-state index in [4.69, 9.17) is 30.5 Å². The number of aromatic nitrogens is 1. The summed E-state index contributed by atoms with van der Waals surface area (Å²) in [4.78, 5) is 29.4. The van der Waals surface area contributed by atoms with Crippen molar-refractivity contribution in [2.45, 2.75) is 6.92 Å². The predicted octanol–water partition coefficient (Wildman–Crippen LogP) is 7.36. The monoisotopic (exact) mass is 659 g/mol. The third-order valence-corrected chi connectivity index (χ3v) is 7.60. The Bertz CT molecular complexity index is 1900. The lowest BCUT2D eigenvalue weighted by molar-refractivity contribution is 0.0727. The first-order chi connectivity index (χ1) is 20.9. The van der Waals surface area contributed by atoms with E-state index in [0.29, 0.717) is 51.3 Å². The lowest BCUT2D eigenvalue weighted by atomic mass is 10.0. The molecule has 9 nitrogen and oxygen atoms in total. The van der Waals surface area contributed by atoms with Gasteiger partial charge in [0.1, 0.15) is 5.69 Å². The molecule has 216 valence electrons. The molecule has 6 rings (SSSR count). The Hall–Kier alpha value is -4.80. The van der Waals surface area contributed by atoms with Crippen LogP contribution in [-0.2, 0) is 0 Å². The molecule has 0 aliphatic carbocycles. The van der Waals surface area contributed by atoms with Crippen LogP contribution in [0.5, 0.6) is 23.0 Å². The largest absolute Gasteiger partial charge is 0.490 e. The van der Waals surface area contributed by atoms with Gasteiger partial charge in [-0.05, 0) is 76.9 Å². The van der Waals surface area contributed by atoms with Crippen molar-refractivity contribution in [1.82, 2.24) is 10.4 Å². The molecule has 0 unspecified atom stereocenters. The van der Waals surface area contributed by atoms with Gasteiger partial charge < -0.3 is 23.9 Å². The predicted molar refractivity (Wildman–Crippen MR) is 167 cm³/mol. The van der Waals surface area contributed by atoms with Crippen LogP contribution in [0.3, 0.4) is 0 Å². The van der Waals surface area contributed by atoms with E-state index >= 15 is 0 Å². The molecule has 0 saturated heterocycles. The molecule has 4 aromatic carbocycles. The van der Waals surface area contributed by atoms with Crippen LogP contribution in [0.25, 0.3) is 22.0 Å². The lowest BCUT2D eigenvalue weighted by Gasteiger charge is -2.11. The smallest absolute Gasteiger partial charge is 0.343 e. The molecular formula is C32H23BrClN3O6. The molecule has 0 spiro atoms. The molecule has 0 atom stereocenters. The molecule has 0 fully saturated rings. The van der Waals surface area contributed by atoms with E-state index in [-0.39, 0.29) is 12.5 Å². The van der Waals surface area contributed by atoms with E-state index in [1.807, 2.05) is 43.3 Å². The van der Waals surface area contributed by atoms with Gasteiger partial charge in [0.15, 0.2) is 23.0 Å². The van der Waals surface area contributed by atoms with Crippen molar-refractivity contribution in [2.75, 3.05) is 13.4 Å². The summed E-state index contributed by atoms with van der Waals surface area (Å²) in [6.07, 6.45) is 1.47. The highest BCUT2D eigenvalue weighted by molar-refractivity contribution is 9.10. The Kier molecular flexibility index (Phi) is 8.04. The quantitative estimate of drug-likeness (QED) is 0.0779. The van der Waals surface area contributed by atoms with Gasteiger partial charge in [-0.3, -0.25) is 4.79 Å². The number of ether oxygens (including phenoxy) is 4. The minimum Gasteiger partial charge on any atom is -0.490 e. The van der Waals surface area contributed by atoms with Crippen molar-refractivity contribution in [1.29, 1.82) is 0 Å². The number of nitrogens with zero attached hydrogens (tertiary/aromatic N) is 1. The number of para-hydroxylation sites is 1. The Morgan fingerprint density at radius 2 is 1.86 bits per heavy atom. The highest BCUT2D eigenvalue weighted by Gasteiger charge is 2.22. The van der Waals surface area contributed by atoms with Gasteiger partial charge in [-0.25, -0.2) is 10.2 Å². The second kappa shape index (κ2) is 12.2. The van der Waals surface area contributed by atoms with Gasteiger partial charge in [0.25, 0.3) is 5.91 Å². The number of hydrogen-bond donors (Lipinski definition) is 2. The number of aromatic amines is 1. The first-order valence-electron chi connectivity index (χ1n) is 13.2. The van der Waals surface area contributed by atoms with Gasteiger partial charge in [-0.2, -0.15) is 5.10 Å². The van der Waals surface area contributed by atoms with Crippen molar-refractivity contribution in [3.63, 3.8) is 0 Å². The number of fused-ring (bicyclic) bond motifs is 2. The van der Waals surface area contributed by atoms with E-state index in [1.54, 1.807) is 42.5 Å². The van der Waals surface area contributed by atoms with E-state index in [2.05, 4.69) is 31.4 Å². The molecule has 0 bridgehead atoms. The van der Waals surface area contributed by atoms with Gasteiger partial charge in [0.05, 0.1) is 23.9 Å². The van der Waals surface area contributed by atoms with Crippen molar-refractivity contribution in [3.05, 3.63) is 105 Å². The van der Waals surface area contributed by atoms with Crippen molar-refractivity contribution < 1.29 is 28.5 Å². The van der Waals surface area contributed by atoms with Gasteiger partial charge in [0, 0.05) is 26.0 Å². The molecule has 2 N–H and O–H groups in total. The topological polar surface area (TPSA) is 111 Å². The Morgan fingerprint density at radius 1 is 1.02 bits per heavy atom. The Balaban J connectivity index is 1.22. The minimum atomic E-state index is -0.577. The summed E-state index contributed by atoms with van der Waals surface area (Å²) in [5.74, 6) is 0.597. The minimum absolute atomic E-state index is 0.105. The highest BCUT2D eigenvalue weighted by atomic mass is 79.9. The van der Waals surface area contributed by atoms with Crippen LogP contribution < -0.4 is 24.4 Å². The van der Waals surface area contributed by atoms with Crippen LogP contribution in [0.2, 0.25) is 5.02 Å². The van der Waals surface area contributed by atoms with Crippen LogP contribution in [0, 0.1) is 0 Å². The number of amides is 1. The zero-order valence-electron chi connectivity index (χ0n) is 22.6. The molecule has 1 aliphatic rings. The SMILES string of the molecule is CCOc1cc(C=NNC(=O)c2[nH]c3c(Br)cccc3c2-c2ccccc2Cl)ccc1OC(=O)c1ccc2c(c1)OCO2. The third-order valence-electron chi connectivity index (χ3n) is 6.61. The number of hydrazone groups is 1. The van der Waals surface area contributed by atoms with E-state index in [1.165, 1.54) is 6.21 Å². The summed E-state index contributed by atoms with van der Waals surface area (Å²) in [5, 5.41) is 5.52. The number of halogens is 2. The van der Waals surface area contributed by atoms with Crippen molar-refractivity contribution in [3.8, 4) is 34.1 Å². The van der Waals surface area contributed by atoms with E-state index in [0.717, 1.165) is 20.9 Å². The summed E-state index contributed by atoms with van der Waals surface area (Å²) in [5.41, 5.74) is 5.97. The molecule has 5 aromatic rings. The van der Waals surface area contributed by atoms with Crippen LogP contribution in [0.1, 0.15) is 33.3 Å². The molecule has 43 heavy (non-hydrogen) atoms. The van der Waals surface area contributed by atoms with Crippen LogP contribution in [0.15, 0.2) is 88.4 Å². The highest BCUT2D eigenvalue weighted by Crippen LogP contribution is 2.39. The summed E-state index contributed by atoms with van der Waals surface area (Å²) < 4.78 is 22.8. The standard InChI is InChI=1S/C32H23BrClN3O6/c1-2-40-26-14-18(10-12-25(26)43-32(39)19-11-13-24-27(15-19)42-17-41-24)16-35-37-31(38)30-28(20-6-3-4-9-23(20)34)21-7-5-8-22(33)29(21)36-30/h3-16,36H,2,17H2,1H3,(H,37,38). The Labute approximate surface area is 259 Å². The lowest BCUT2D eigenvalue weighted by Crippen LogP contribution is -2.19. The number of carbonyl (C=O) groups excluding carboxylic acids is 2. The molecule has 1 aliphatic heterocycles. The van der Waals surface area contributed by atoms with Crippen LogP contribution in [-0.4, -0.2) is 36.5 Å². The van der Waals surface area contributed by atoms with Gasteiger partial charge in [-0.1, -0.05) is 41.9 Å². The molecule has 1 aromatic heterocycles. The number of benzene rings is 4. The fourth-order valence-electron chi connectivity index (χ4n) is 4.66. The second-order valence-electron chi connectivity index (χ2n) is 9.31. The fraction of sp³-hybridized carbons (Fsp3) is 0.0938. The van der Waals surface area contributed by atoms with Crippen LogP contribution in [0.4, 0.5) is 0 Å². The molecule has 0 radical (unpaired) electrons. The average Bonchev–Trinajstić information content (AvgIpc) is 3.64. The maximum Gasteiger partial charge on any atom is 0.343 e. The second-order valence-corrected chi connectivity index (χ2v) is 10.6. The molecular weight excluding hydrogens is 638 g/mol. The van der Waals surface area contributed by atoms with Crippen LogP contribution >= 0.6 is 27.5 Å². The van der Waals surface area contributed by atoms with Gasteiger partial charge in [0.2, 0.25) is 6.79 Å². The number of rotatable bonds is 8. The summed E-state index contributed by atoms with van der Waals surface area (Å²) >= 11 is 10.1. The molecule has 0 saturated carbocycles. The summed E-state index contributed by atoms with van der Waals surface area (Å²) in [7, 11) is 0. The first-order valence-corrected chi connectivity index (χ1v) is 14.4. The van der Waals surface area contributed by atoms with Crippen molar-refractivity contribution >= 4 is 56.5 Å². The molecule has 1 amide bonds. The maximum atomic E-state index is 13.4. The van der Waals surface area contributed by atoms with E-state index in [9.17, 15) is 9.59 Å². The van der Waals surface area contributed by atoms with Gasteiger partial charge in [-0.15, -0.1) is 0 Å². The zero-order valence-corrected chi connectivity index (χ0v) is 25.0. The van der Waals surface area contributed by atoms with Crippen molar-refractivity contribution in [2.24, 2.45) is 5.10 Å². The number of nitrogens with one attached hydrogen (secondary N) is 2. The average molecular weight is 661 g/mol. The first kappa shape index (κ1) is 28.3. The van der Waals surface area contributed by atoms with Gasteiger partial charge >= 0.3 is 5.97 Å². The summed E-state index contributed by atoms with van der Waals surface area (Å²) in [6, 6.07) is 22.8. The van der Waals surface area contributed by atoms with E-state index < -0.39 is 11.9 Å². The summed E-state index contributed by atoms with van der Waals surface area (Å²) in [6.45, 7) is 2.26. The molecule has 11 heteroatoms. The normalized spacial score (nSPS) is 12.1. The third kappa shape index (κ3) is 5.79. The molecule has 2 heterocycles. The number of H-pyrrole nitrogens is 1. The number of esters is 1. The number of carbonyl (C=O) groups is 2.